The van der Waals surface area contributed by atoms with E-state index in [1.807, 2.05) is 42.5 Å². The molecule has 2 nitrogen and oxygen atoms in total. The van der Waals surface area contributed by atoms with E-state index < -0.39 is 0 Å². The minimum absolute atomic E-state index is 0.0287. The highest BCUT2D eigenvalue weighted by Crippen LogP contribution is 2.33. The lowest BCUT2D eigenvalue weighted by Crippen LogP contribution is -2.03. The molecular weight excluding hydrogens is 281 g/mol. The first kappa shape index (κ1) is 12.5. The fraction of sp³-hybridized carbons (Fsp3) is 0.133. The van der Waals surface area contributed by atoms with Crippen molar-refractivity contribution in [1.82, 2.24) is 0 Å². The number of hydrogen-bond donors (Lipinski definition) is 1. The maximum Gasteiger partial charge on any atom is 0.228 e. The van der Waals surface area contributed by atoms with E-state index in [0.717, 1.165) is 22.4 Å². The van der Waals surface area contributed by atoms with E-state index in [-0.39, 0.29) is 11.3 Å². The van der Waals surface area contributed by atoms with Gasteiger partial charge in [-0.25, -0.2) is 0 Å². The Labute approximate surface area is 121 Å². The number of carbonyl (C=O) groups excluding carboxylic acids is 1. The molecule has 3 rings (SSSR count). The van der Waals surface area contributed by atoms with E-state index in [4.69, 9.17) is 23.2 Å². The predicted octanol–water partition coefficient (Wildman–Crippen LogP) is 4.16. The van der Waals surface area contributed by atoms with Crippen molar-refractivity contribution < 1.29 is 4.79 Å². The first-order chi connectivity index (χ1) is 9.13. The normalized spacial score (nSPS) is 14.9. The van der Waals surface area contributed by atoms with Gasteiger partial charge < -0.3 is 5.32 Å². The average molecular weight is 292 g/mol. The number of alkyl halides is 1. The maximum absolute atomic E-state index is 11.3. The summed E-state index contributed by atoms with van der Waals surface area (Å²) in [5.41, 5.74) is 3.80. The van der Waals surface area contributed by atoms with Gasteiger partial charge in [0.1, 0.15) is 0 Å². The Morgan fingerprint density at radius 3 is 2.68 bits per heavy atom. The molecule has 0 saturated carbocycles. The van der Waals surface area contributed by atoms with Crippen molar-refractivity contribution in [2.45, 2.75) is 11.8 Å². The van der Waals surface area contributed by atoms with Gasteiger partial charge in [0.15, 0.2) is 0 Å². The fourth-order valence-corrected chi connectivity index (χ4v) is 2.73. The number of anilines is 1. The van der Waals surface area contributed by atoms with Gasteiger partial charge in [0.05, 0.1) is 11.8 Å². The van der Waals surface area contributed by atoms with Crippen LogP contribution in [-0.2, 0) is 11.2 Å². The predicted molar refractivity (Wildman–Crippen MR) is 77.9 cm³/mol. The van der Waals surface area contributed by atoms with Crippen molar-refractivity contribution in [1.29, 1.82) is 0 Å². The SMILES string of the molecule is O=C1Cc2cc(C(Cl)c3cccc(Cl)c3)ccc2N1. The molecule has 96 valence electrons. The minimum atomic E-state index is -0.264. The Bertz CT molecular complexity index is 654. The van der Waals surface area contributed by atoms with Crippen molar-refractivity contribution >= 4 is 34.8 Å². The van der Waals surface area contributed by atoms with E-state index >= 15 is 0 Å². The summed E-state index contributed by atoms with van der Waals surface area (Å²) in [4.78, 5) is 11.3. The van der Waals surface area contributed by atoms with E-state index in [9.17, 15) is 4.79 Å². The zero-order valence-corrected chi connectivity index (χ0v) is 11.5. The number of carbonyl (C=O) groups is 1. The Morgan fingerprint density at radius 2 is 1.89 bits per heavy atom. The van der Waals surface area contributed by atoms with Crippen LogP contribution in [-0.4, -0.2) is 5.91 Å². The van der Waals surface area contributed by atoms with Gasteiger partial charge in [0.2, 0.25) is 5.91 Å². The Kier molecular flexibility index (Phi) is 3.21. The highest BCUT2D eigenvalue weighted by atomic mass is 35.5. The molecule has 4 heteroatoms. The molecule has 0 fully saturated rings. The van der Waals surface area contributed by atoms with E-state index in [1.54, 1.807) is 0 Å². The average Bonchev–Trinajstić information content (AvgIpc) is 2.76. The minimum Gasteiger partial charge on any atom is -0.326 e. The van der Waals surface area contributed by atoms with Crippen LogP contribution < -0.4 is 5.32 Å². The van der Waals surface area contributed by atoms with Crippen LogP contribution in [0.1, 0.15) is 22.1 Å². The van der Waals surface area contributed by atoms with E-state index in [2.05, 4.69) is 5.32 Å². The Balaban J connectivity index is 1.95. The molecule has 1 aliphatic heterocycles. The van der Waals surface area contributed by atoms with Crippen LogP contribution in [0.2, 0.25) is 5.02 Å². The smallest absolute Gasteiger partial charge is 0.228 e. The third-order valence-corrected chi connectivity index (χ3v) is 3.93. The number of hydrogen-bond acceptors (Lipinski definition) is 1. The molecule has 19 heavy (non-hydrogen) atoms. The topological polar surface area (TPSA) is 29.1 Å². The van der Waals surface area contributed by atoms with Crippen molar-refractivity contribution in [3.63, 3.8) is 0 Å². The van der Waals surface area contributed by atoms with Gasteiger partial charge in [-0.2, -0.15) is 0 Å². The van der Waals surface area contributed by atoms with Crippen molar-refractivity contribution in [3.8, 4) is 0 Å². The monoisotopic (exact) mass is 291 g/mol. The molecular formula is C15H11Cl2NO. The van der Waals surface area contributed by atoms with Crippen molar-refractivity contribution in [3.05, 3.63) is 64.2 Å². The second-order valence-corrected chi connectivity index (χ2v) is 5.43. The lowest BCUT2D eigenvalue weighted by molar-refractivity contribution is -0.115. The zero-order valence-electron chi connectivity index (χ0n) is 9.99. The molecule has 0 spiro atoms. The summed E-state index contributed by atoms with van der Waals surface area (Å²) >= 11 is 12.5. The maximum atomic E-state index is 11.3. The number of amides is 1. The highest BCUT2D eigenvalue weighted by Gasteiger charge is 2.20. The number of rotatable bonds is 2. The summed E-state index contributed by atoms with van der Waals surface area (Å²) in [6.07, 6.45) is 0.419. The molecule has 0 aliphatic carbocycles. The molecule has 0 bridgehead atoms. The third-order valence-electron chi connectivity index (χ3n) is 3.19. The van der Waals surface area contributed by atoms with Crippen LogP contribution in [0.3, 0.4) is 0 Å². The molecule has 1 N–H and O–H groups in total. The molecule has 1 heterocycles. The summed E-state index contributed by atoms with van der Waals surface area (Å²) in [5, 5.41) is 3.21. The third kappa shape index (κ3) is 2.46. The Morgan fingerprint density at radius 1 is 1.11 bits per heavy atom. The number of halogens is 2. The van der Waals surface area contributed by atoms with Crippen LogP contribution >= 0.6 is 23.2 Å². The van der Waals surface area contributed by atoms with Gasteiger partial charge in [-0.1, -0.05) is 35.9 Å². The highest BCUT2D eigenvalue weighted by molar-refractivity contribution is 6.30. The number of nitrogens with one attached hydrogen (secondary N) is 1. The van der Waals surface area contributed by atoms with Crippen LogP contribution in [0, 0.1) is 0 Å². The first-order valence-corrected chi connectivity index (χ1v) is 6.77. The van der Waals surface area contributed by atoms with Gasteiger partial charge in [-0.05, 0) is 34.9 Å². The molecule has 0 aromatic heterocycles. The molecule has 1 aliphatic rings. The summed E-state index contributed by atoms with van der Waals surface area (Å²) < 4.78 is 0. The molecule has 1 amide bonds. The van der Waals surface area contributed by atoms with E-state index in [1.165, 1.54) is 0 Å². The fourth-order valence-electron chi connectivity index (χ4n) is 2.26. The summed E-state index contributed by atoms with van der Waals surface area (Å²) in [7, 11) is 0. The van der Waals surface area contributed by atoms with Crippen LogP contribution in [0.5, 0.6) is 0 Å². The van der Waals surface area contributed by atoms with Crippen molar-refractivity contribution in [2.75, 3.05) is 5.32 Å². The number of fused-ring (bicyclic) bond motifs is 1. The standard InChI is InChI=1S/C15H11Cl2NO/c16-12-3-1-2-9(7-12)15(17)10-4-5-13-11(6-10)8-14(19)18-13/h1-7,15H,8H2,(H,18,19). The number of benzene rings is 2. The van der Waals surface area contributed by atoms with Crippen LogP contribution in [0.25, 0.3) is 0 Å². The lowest BCUT2D eigenvalue weighted by atomic mass is 10.0. The molecule has 1 atom stereocenters. The summed E-state index contributed by atoms with van der Waals surface area (Å²) in [6, 6.07) is 13.3. The Hall–Kier alpha value is -1.51. The summed E-state index contributed by atoms with van der Waals surface area (Å²) in [6.45, 7) is 0. The van der Waals surface area contributed by atoms with Gasteiger partial charge >= 0.3 is 0 Å². The summed E-state index contributed by atoms with van der Waals surface area (Å²) in [5.74, 6) is 0.0287. The molecule has 2 aromatic rings. The van der Waals surface area contributed by atoms with Gasteiger partial charge in [-0.3, -0.25) is 4.79 Å². The molecule has 2 aromatic carbocycles. The molecule has 0 saturated heterocycles. The quantitative estimate of drug-likeness (QED) is 0.827. The van der Waals surface area contributed by atoms with Crippen LogP contribution in [0.4, 0.5) is 5.69 Å². The second kappa shape index (κ2) is 4.87. The van der Waals surface area contributed by atoms with Crippen molar-refractivity contribution in [2.24, 2.45) is 0 Å². The van der Waals surface area contributed by atoms with Gasteiger partial charge in [-0.15, -0.1) is 11.6 Å². The van der Waals surface area contributed by atoms with Crippen LogP contribution in [0.15, 0.2) is 42.5 Å². The largest absolute Gasteiger partial charge is 0.326 e. The van der Waals surface area contributed by atoms with E-state index in [0.29, 0.717) is 11.4 Å². The van der Waals surface area contributed by atoms with Gasteiger partial charge in [0, 0.05) is 10.7 Å². The molecule has 0 radical (unpaired) electrons. The lowest BCUT2D eigenvalue weighted by Gasteiger charge is -2.12. The second-order valence-electron chi connectivity index (χ2n) is 4.56. The zero-order chi connectivity index (χ0) is 13.4. The molecule has 1 unspecified atom stereocenters. The van der Waals surface area contributed by atoms with Gasteiger partial charge in [0.25, 0.3) is 0 Å². The first-order valence-electron chi connectivity index (χ1n) is 5.96.